The molecule has 2 aromatic heterocycles. The summed E-state index contributed by atoms with van der Waals surface area (Å²) in [5, 5.41) is 7.67. The predicted molar refractivity (Wildman–Crippen MR) is 94.9 cm³/mol. The van der Waals surface area contributed by atoms with Crippen molar-refractivity contribution in [2.24, 2.45) is 7.05 Å². The number of imidazole rings is 1. The van der Waals surface area contributed by atoms with Crippen molar-refractivity contribution in [3.05, 3.63) is 41.8 Å². The molecule has 0 spiro atoms. The summed E-state index contributed by atoms with van der Waals surface area (Å²) in [7, 11) is 2.08. The Kier molecular flexibility index (Phi) is 4.50. The van der Waals surface area contributed by atoms with E-state index in [2.05, 4.69) is 50.2 Å². The minimum atomic E-state index is 0.460. The number of rotatable bonds is 5. The molecular formula is C18H24N6O. The average molecular weight is 340 g/mol. The van der Waals surface area contributed by atoms with Crippen molar-refractivity contribution in [2.45, 2.75) is 38.9 Å². The lowest BCUT2D eigenvalue weighted by Gasteiger charge is -2.32. The van der Waals surface area contributed by atoms with Crippen molar-refractivity contribution < 1.29 is 4.52 Å². The van der Waals surface area contributed by atoms with Crippen LogP contribution in [-0.4, -0.2) is 43.7 Å². The maximum Gasteiger partial charge on any atom is 0.223 e. The molecule has 1 aliphatic rings. The normalized spacial score (nSPS) is 18.9. The Balaban J connectivity index is 1.36. The number of nitrogens with one attached hydrogen (secondary N) is 1. The molecule has 1 atom stereocenters. The molecule has 0 radical (unpaired) electrons. The van der Waals surface area contributed by atoms with Gasteiger partial charge in [0.05, 0.1) is 24.1 Å². The van der Waals surface area contributed by atoms with Gasteiger partial charge in [-0.15, -0.1) is 0 Å². The van der Waals surface area contributed by atoms with Crippen LogP contribution in [-0.2, 0) is 20.1 Å². The highest BCUT2D eigenvalue weighted by Crippen LogP contribution is 2.16. The van der Waals surface area contributed by atoms with E-state index in [1.807, 2.05) is 13.0 Å². The van der Waals surface area contributed by atoms with Crippen LogP contribution in [0.1, 0.15) is 30.4 Å². The van der Waals surface area contributed by atoms with E-state index in [0.29, 0.717) is 11.9 Å². The standard InChI is InChI=1S/C18H24N6O/c1-13-20-17(22-25-13)12-24-9-5-6-14(11-24)19-10-18-21-15-7-3-4-8-16(15)23(18)2/h3-4,7-8,14,19H,5-6,9-12H2,1-2H3/t14-/m1/s1. The van der Waals surface area contributed by atoms with Crippen LogP contribution >= 0.6 is 0 Å². The van der Waals surface area contributed by atoms with E-state index in [0.717, 1.165) is 43.3 Å². The zero-order chi connectivity index (χ0) is 17.2. The van der Waals surface area contributed by atoms with Crippen molar-refractivity contribution >= 4 is 11.0 Å². The maximum atomic E-state index is 5.07. The Labute approximate surface area is 147 Å². The van der Waals surface area contributed by atoms with Gasteiger partial charge in [0.1, 0.15) is 5.82 Å². The van der Waals surface area contributed by atoms with Crippen molar-refractivity contribution in [2.75, 3.05) is 13.1 Å². The summed E-state index contributed by atoms with van der Waals surface area (Å²) in [6.45, 7) is 5.44. The molecule has 3 aromatic rings. The molecule has 7 heteroatoms. The van der Waals surface area contributed by atoms with E-state index in [-0.39, 0.29) is 0 Å². The SMILES string of the molecule is Cc1nc(CN2CCC[C@@H](NCc3nc4ccccc4n3C)C2)no1. The first-order valence-corrected chi connectivity index (χ1v) is 8.84. The molecule has 0 bridgehead atoms. The van der Waals surface area contributed by atoms with Crippen LogP contribution in [0.4, 0.5) is 0 Å². The molecule has 1 aliphatic heterocycles. The highest BCUT2D eigenvalue weighted by Gasteiger charge is 2.21. The Bertz CT molecular complexity index is 854. The molecule has 0 unspecified atom stereocenters. The van der Waals surface area contributed by atoms with E-state index in [4.69, 9.17) is 9.51 Å². The lowest BCUT2D eigenvalue weighted by molar-refractivity contribution is 0.176. The largest absolute Gasteiger partial charge is 0.340 e. The van der Waals surface area contributed by atoms with E-state index < -0.39 is 0 Å². The van der Waals surface area contributed by atoms with Gasteiger partial charge >= 0.3 is 0 Å². The van der Waals surface area contributed by atoms with Crippen molar-refractivity contribution in [3.8, 4) is 0 Å². The minimum absolute atomic E-state index is 0.460. The Hall–Kier alpha value is -2.25. The molecule has 1 saturated heterocycles. The number of likely N-dealkylation sites (tertiary alicyclic amines) is 1. The van der Waals surface area contributed by atoms with Crippen molar-refractivity contribution in [3.63, 3.8) is 0 Å². The summed E-state index contributed by atoms with van der Waals surface area (Å²) < 4.78 is 7.24. The summed E-state index contributed by atoms with van der Waals surface area (Å²) in [5.74, 6) is 2.48. The molecule has 1 N–H and O–H groups in total. The summed E-state index contributed by atoms with van der Waals surface area (Å²) in [6.07, 6.45) is 2.36. The smallest absolute Gasteiger partial charge is 0.223 e. The molecule has 0 saturated carbocycles. The summed E-state index contributed by atoms with van der Waals surface area (Å²) >= 11 is 0. The van der Waals surface area contributed by atoms with Gasteiger partial charge in [-0.2, -0.15) is 4.98 Å². The fraction of sp³-hybridized carbons (Fsp3) is 0.500. The number of para-hydroxylation sites is 2. The molecule has 4 rings (SSSR count). The zero-order valence-corrected chi connectivity index (χ0v) is 14.8. The molecule has 132 valence electrons. The highest BCUT2D eigenvalue weighted by molar-refractivity contribution is 5.75. The number of hydrogen-bond donors (Lipinski definition) is 1. The highest BCUT2D eigenvalue weighted by atomic mass is 16.5. The van der Waals surface area contributed by atoms with Gasteiger partial charge in [0.2, 0.25) is 5.89 Å². The number of hydrogen-bond acceptors (Lipinski definition) is 6. The number of aryl methyl sites for hydroxylation is 2. The van der Waals surface area contributed by atoms with Crippen LogP contribution in [0.3, 0.4) is 0 Å². The second-order valence-electron chi connectivity index (χ2n) is 6.76. The molecule has 1 aromatic carbocycles. The van der Waals surface area contributed by atoms with E-state index in [9.17, 15) is 0 Å². The van der Waals surface area contributed by atoms with E-state index >= 15 is 0 Å². The number of nitrogens with zero attached hydrogens (tertiary/aromatic N) is 5. The van der Waals surface area contributed by atoms with E-state index in [1.54, 1.807) is 0 Å². The molecule has 1 fully saturated rings. The fourth-order valence-corrected chi connectivity index (χ4v) is 3.56. The van der Waals surface area contributed by atoms with Gasteiger partial charge in [-0.05, 0) is 31.5 Å². The Morgan fingerprint density at radius 3 is 2.96 bits per heavy atom. The zero-order valence-electron chi connectivity index (χ0n) is 14.8. The Morgan fingerprint density at radius 2 is 2.16 bits per heavy atom. The van der Waals surface area contributed by atoms with Crippen LogP contribution in [0.25, 0.3) is 11.0 Å². The van der Waals surface area contributed by atoms with Gasteiger partial charge in [0.15, 0.2) is 5.82 Å². The average Bonchev–Trinajstić information content (AvgIpc) is 3.17. The first-order chi connectivity index (χ1) is 12.2. The first kappa shape index (κ1) is 16.2. The molecular weight excluding hydrogens is 316 g/mol. The Morgan fingerprint density at radius 1 is 1.28 bits per heavy atom. The van der Waals surface area contributed by atoms with Crippen molar-refractivity contribution in [1.29, 1.82) is 0 Å². The predicted octanol–water partition coefficient (Wildman–Crippen LogP) is 2.02. The third-order valence-electron chi connectivity index (χ3n) is 4.87. The third kappa shape index (κ3) is 3.57. The summed E-state index contributed by atoms with van der Waals surface area (Å²) in [4.78, 5) is 11.4. The number of fused-ring (bicyclic) bond motifs is 1. The van der Waals surface area contributed by atoms with Crippen molar-refractivity contribution in [1.82, 2.24) is 29.9 Å². The molecule has 3 heterocycles. The first-order valence-electron chi connectivity index (χ1n) is 8.84. The van der Waals surface area contributed by atoms with Crippen LogP contribution in [0.2, 0.25) is 0 Å². The summed E-state index contributed by atoms with van der Waals surface area (Å²) in [6, 6.07) is 8.72. The molecule has 7 nitrogen and oxygen atoms in total. The topological polar surface area (TPSA) is 72.0 Å². The van der Waals surface area contributed by atoms with Gasteiger partial charge in [-0.3, -0.25) is 4.90 Å². The van der Waals surface area contributed by atoms with Crippen LogP contribution in [0, 0.1) is 6.92 Å². The van der Waals surface area contributed by atoms with Gasteiger partial charge in [0, 0.05) is 26.6 Å². The van der Waals surface area contributed by atoms with Gasteiger partial charge < -0.3 is 14.4 Å². The van der Waals surface area contributed by atoms with Crippen LogP contribution < -0.4 is 5.32 Å². The van der Waals surface area contributed by atoms with Gasteiger partial charge in [-0.25, -0.2) is 4.98 Å². The van der Waals surface area contributed by atoms with Crippen LogP contribution in [0.15, 0.2) is 28.8 Å². The minimum Gasteiger partial charge on any atom is -0.340 e. The van der Waals surface area contributed by atoms with E-state index in [1.165, 1.54) is 18.4 Å². The lowest BCUT2D eigenvalue weighted by atomic mass is 10.1. The number of benzene rings is 1. The quantitative estimate of drug-likeness (QED) is 0.766. The number of aromatic nitrogens is 4. The molecule has 25 heavy (non-hydrogen) atoms. The lowest BCUT2D eigenvalue weighted by Crippen LogP contribution is -2.45. The van der Waals surface area contributed by atoms with Gasteiger partial charge in [0.25, 0.3) is 0 Å². The van der Waals surface area contributed by atoms with Gasteiger partial charge in [-0.1, -0.05) is 17.3 Å². The second kappa shape index (κ2) is 6.93. The second-order valence-corrected chi connectivity index (χ2v) is 6.76. The molecule has 0 aliphatic carbocycles. The number of piperidine rings is 1. The maximum absolute atomic E-state index is 5.07. The third-order valence-corrected chi connectivity index (χ3v) is 4.87. The molecule has 0 amide bonds. The van der Waals surface area contributed by atoms with Crippen LogP contribution in [0.5, 0.6) is 0 Å². The monoisotopic (exact) mass is 340 g/mol. The summed E-state index contributed by atoms with van der Waals surface area (Å²) in [5.41, 5.74) is 2.23. The fourth-order valence-electron chi connectivity index (χ4n) is 3.56.